The lowest BCUT2D eigenvalue weighted by atomic mass is 9.64. The van der Waals surface area contributed by atoms with E-state index < -0.39 is 0 Å². The van der Waals surface area contributed by atoms with E-state index in [1.54, 1.807) is 0 Å². The first kappa shape index (κ1) is 17.9. The highest BCUT2D eigenvalue weighted by molar-refractivity contribution is 8.03. The van der Waals surface area contributed by atoms with Crippen molar-refractivity contribution >= 4 is 11.8 Å². The molecule has 0 saturated heterocycles. The molecule has 1 nitrogen and oxygen atoms in total. The number of thioether (sulfide) groups is 1. The standard InChI is InChI=1S/C20H33NS/c1-8-19(5,6)16(4)22-18-11-9-10-17-13-12-14(2)15(3)20(17,18)21-7/h10,12-15,18,21H,4,8-9,11H2,1-3,5-7H3. The van der Waals surface area contributed by atoms with Gasteiger partial charge >= 0.3 is 0 Å². The zero-order valence-electron chi connectivity index (χ0n) is 15.2. The molecule has 4 unspecified atom stereocenters. The van der Waals surface area contributed by atoms with Crippen LogP contribution >= 0.6 is 11.8 Å². The molecule has 2 aliphatic rings. The van der Waals surface area contributed by atoms with Crippen LogP contribution in [0.2, 0.25) is 0 Å². The Kier molecular flexibility index (Phi) is 5.34. The second kappa shape index (κ2) is 6.57. The number of nitrogens with one attached hydrogen (secondary N) is 1. The predicted octanol–water partition coefficient (Wildman–Crippen LogP) is 5.56. The fourth-order valence-electron chi connectivity index (χ4n) is 3.78. The van der Waals surface area contributed by atoms with E-state index in [0.717, 1.165) is 6.42 Å². The summed E-state index contributed by atoms with van der Waals surface area (Å²) in [5.41, 5.74) is 1.79. The van der Waals surface area contributed by atoms with Crippen LogP contribution in [-0.2, 0) is 0 Å². The van der Waals surface area contributed by atoms with Gasteiger partial charge in [0, 0.05) is 5.25 Å². The van der Waals surface area contributed by atoms with E-state index in [9.17, 15) is 0 Å². The SMILES string of the molecule is C=C(SC1CCC=C2C=CC(C)C(C)C21NC)C(C)(C)CC. The summed E-state index contributed by atoms with van der Waals surface area (Å²) in [7, 11) is 2.14. The molecular formula is C20H33NS. The van der Waals surface area contributed by atoms with Crippen LogP contribution in [0.4, 0.5) is 0 Å². The zero-order chi connectivity index (χ0) is 16.5. The number of fused-ring (bicyclic) bond motifs is 1. The third kappa shape index (κ3) is 2.85. The zero-order valence-corrected chi connectivity index (χ0v) is 16.0. The molecule has 0 bridgehead atoms. The van der Waals surface area contributed by atoms with Crippen molar-refractivity contribution in [2.45, 2.75) is 64.7 Å². The molecule has 0 fully saturated rings. The molecule has 0 amide bonds. The van der Waals surface area contributed by atoms with Crippen molar-refractivity contribution in [3.63, 3.8) is 0 Å². The van der Waals surface area contributed by atoms with E-state index in [0.29, 0.717) is 17.1 Å². The normalized spacial score (nSPS) is 35.0. The van der Waals surface area contributed by atoms with Gasteiger partial charge in [-0.05, 0) is 54.0 Å². The van der Waals surface area contributed by atoms with Crippen molar-refractivity contribution in [2.24, 2.45) is 17.3 Å². The fraction of sp³-hybridized carbons (Fsp3) is 0.700. The minimum atomic E-state index is 0.0871. The quantitative estimate of drug-likeness (QED) is 0.712. The van der Waals surface area contributed by atoms with Crippen molar-refractivity contribution in [1.82, 2.24) is 5.32 Å². The molecule has 2 aliphatic carbocycles. The Balaban J connectivity index is 2.34. The van der Waals surface area contributed by atoms with Gasteiger partial charge in [0.15, 0.2) is 0 Å². The molecule has 0 aromatic heterocycles. The van der Waals surface area contributed by atoms with Gasteiger partial charge in [0.1, 0.15) is 0 Å². The Hall–Kier alpha value is -0.470. The second-order valence-electron chi connectivity index (χ2n) is 7.63. The van der Waals surface area contributed by atoms with Crippen molar-refractivity contribution in [3.8, 4) is 0 Å². The van der Waals surface area contributed by atoms with Gasteiger partial charge in [-0.2, -0.15) is 0 Å². The number of rotatable bonds is 5. The molecule has 0 radical (unpaired) electrons. The summed E-state index contributed by atoms with van der Waals surface area (Å²) in [6.07, 6.45) is 10.7. The number of hydrogen-bond donors (Lipinski definition) is 1. The minimum Gasteiger partial charge on any atom is -0.309 e. The Morgan fingerprint density at radius 2 is 2.14 bits per heavy atom. The van der Waals surface area contributed by atoms with Crippen molar-refractivity contribution in [3.05, 3.63) is 35.3 Å². The minimum absolute atomic E-state index is 0.0871. The van der Waals surface area contributed by atoms with Crippen LogP contribution in [0.3, 0.4) is 0 Å². The summed E-state index contributed by atoms with van der Waals surface area (Å²) < 4.78 is 0. The van der Waals surface area contributed by atoms with Gasteiger partial charge in [0.2, 0.25) is 0 Å². The molecule has 0 heterocycles. The molecule has 22 heavy (non-hydrogen) atoms. The van der Waals surface area contributed by atoms with E-state index in [1.807, 2.05) is 11.8 Å². The van der Waals surface area contributed by atoms with Crippen molar-refractivity contribution in [1.29, 1.82) is 0 Å². The molecule has 0 spiro atoms. The fourth-order valence-corrected chi connectivity index (χ4v) is 5.50. The van der Waals surface area contributed by atoms with Crippen LogP contribution in [0.5, 0.6) is 0 Å². The highest BCUT2D eigenvalue weighted by atomic mass is 32.2. The van der Waals surface area contributed by atoms with Crippen LogP contribution in [0.1, 0.15) is 53.9 Å². The summed E-state index contributed by atoms with van der Waals surface area (Å²) >= 11 is 2.04. The molecule has 2 heteroatoms. The van der Waals surface area contributed by atoms with Crippen LogP contribution in [0, 0.1) is 17.3 Å². The first-order valence-corrected chi connectivity index (χ1v) is 9.61. The summed E-state index contributed by atoms with van der Waals surface area (Å²) in [5.74, 6) is 1.21. The van der Waals surface area contributed by atoms with Crippen molar-refractivity contribution < 1.29 is 0 Å². The molecule has 0 aromatic rings. The average Bonchev–Trinajstić information content (AvgIpc) is 2.51. The van der Waals surface area contributed by atoms with Crippen LogP contribution in [0.25, 0.3) is 0 Å². The Morgan fingerprint density at radius 1 is 1.45 bits per heavy atom. The maximum atomic E-state index is 4.44. The summed E-state index contributed by atoms with van der Waals surface area (Å²) in [4.78, 5) is 1.34. The topological polar surface area (TPSA) is 12.0 Å². The van der Waals surface area contributed by atoms with Gasteiger partial charge in [-0.15, -0.1) is 11.8 Å². The van der Waals surface area contributed by atoms with Gasteiger partial charge in [-0.25, -0.2) is 0 Å². The molecule has 0 aromatic carbocycles. The summed E-state index contributed by atoms with van der Waals surface area (Å²) in [6.45, 7) is 16.1. The lowest BCUT2D eigenvalue weighted by Crippen LogP contribution is -2.61. The third-order valence-corrected chi connectivity index (χ3v) is 7.93. The summed E-state index contributed by atoms with van der Waals surface area (Å²) in [5, 5.41) is 4.31. The number of allylic oxidation sites excluding steroid dienone is 3. The van der Waals surface area contributed by atoms with Crippen LogP contribution in [0.15, 0.2) is 35.3 Å². The highest BCUT2D eigenvalue weighted by Gasteiger charge is 2.49. The summed E-state index contributed by atoms with van der Waals surface area (Å²) in [6, 6.07) is 0. The third-order valence-electron chi connectivity index (χ3n) is 6.20. The monoisotopic (exact) mass is 319 g/mol. The number of likely N-dealkylation sites (N-methyl/N-ethyl adjacent to an activating group) is 1. The molecule has 124 valence electrons. The van der Waals surface area contributed by atoms with E-state index in [4.69, 9.17) is 0 Å². The smallest absolute Gasteiger partial charge is 0.0584 e. The highest BCUT2D eigenvalue weighted by Crippen LogP contribution is 2.51. The van der Waals surface area contributed by atoms with Gasteiger partial charge in [-0.1, -0.05) is 59.4 Å². The largest absolute Gasteiger partial charge is 0.309 e. The maximum absolute atomic E-state index is 4.44. The first-order valence-electron chi connectivity index (χ1n) is 8.73. The molecular weight excluding hydrogens is 286 g/mol. The first-order chi connectivity index (χ1) is 10.3. The van der Waals surface area contributed by atoms with Crippen LogP contribution in [-0.4, -0.2) is 17.8 Å². The lowest BCUT2D eigenvalue weighted by Gasteiger charge is -2.52. The molecule has 0 aliphatic heterocycles. The number of hydrogen-bond acceptors (Lipinski definition) is 2. The Labute approximate surface area is 141 Å². The van der Waals surface area contributed by atoms with Crippen LogP contribution < -0.4 is 5.32 Å². The predicted molar refractivity (Wildman–Crippen MR) is 101 cm³/mol. The van der Waals surface area contributed by atoms with E-state index in [2.05, 4.69) is 71.8 Å². The molecule has 2 rings (SSSR count). The maximum Gasteiger partial charge on any atom is 0.0584 e. The van der Waals surface area contributed by atoms with Gasteiger partial charge in [0.05, 0.1) is 5.54 Å². The molecule has 1 N–H and O–H groups in total. The average molecular weight is 320 g/mol. The van der Waals surface area contributed by atoms with Gasteiger partial charge in [0.25, 0.3) is 0 Å². The van der Waals surface area contributed by atoms with Gasteiger partial charge < -0.3 is 5.32 Å². The van der Waals surface area contributed by atoms with E-state index in [1.165, 1.54) is 23.3 Å². The second-order valence-corrected chi connectivity index (χ2v) is 8.93. The Morgan fingerprint density at radius 3 is 2.73 bits per heavy atom. The lowest BCUT2D eigenvalue weighted by molar-refractivity contribution is 0.216. The van der Waals surface area contributed by atoms with Gasteiger partial charge in [-0.3, -0.25) is 0 Å². The van der Waals surface area contributed by atoms with Crippen molar-refractivity contribution in [2.75, 3.05) is 7.05 Å². The van der Waals surface area contributed by atoms with E-state index in [-0.39, 0.29) is 11.0 Å². The van der Waals surface area contributed by atoms with E-state index >= 15 is 0 Å². The molecule has 4 atom stereocenters. The Bertz CT molecular complexity index is 488. The molecule has 0 saturated carbocycles.